The largest absolute Gasteiger partial charge is 0.459 e. The number of unbranched alkanes of at least 4 members (excludes halogenated alkanes) is 1. The van der Waals surface area contributed by atoms with E-state index in [0.717, 1.165) is 28.9 Å². The van der Waals surface area contributed by atoms with Crippen molar-refractivity contribution in [3.8, 4) is 11.3 Å². The SMILES string of the molecule is CO[C@H]1C[C@@H]2CCC[C@@](O)(O2)C(=O)C(=O)N2CCCC[C@H]2C(=O)O[C@H]([C@H](N)C[C@@H]2CC[C@H](n3cc(COCCOCCOCCOCCOCCOCCOCCOCCOCCOCCC(=O)NCCCCn4nc(-c5ccc6oc(N)nc6c5)c5c(N)ncnc54)nn3)[C@H](OC)C2)CC(=O)[C@H](C)/C=C(\C)C(O)[C@@H](O)C(=O)[C@H](C)C[C@H](C)/C=C/C=C/C=C/1C. The van der Waals surface area contributed by atoms with Crippen molar-refractivity contribution in [1.29, 1.82) is 0 Å². The molecule has 7 heterocycles. The minimum Gasteiger partial charge on any atom is -0.459 e. The van der Waals surface area contributed by atoms with Gasteiger partial charge < -0.3 is 113 Å². The van der Waals surface area contributed by atoms with Gasteiger partial charge in [0.05, 0.1) is 168 Å². The van der Waals surface area contributed by atoms with Crippen molar-refractivity contribution in [1.82, 2.24) is 49.9 Å². The fraction of sp³-hybridized carbons (Fsp3) is 0.682. The molecular formula is C88H133N13O24. The van der Waals surface area contributed by atoms with Gasteiger partial charge in [0.2, 0.25) is 11.7 Å². The maximum atomic E-state index is 14.6. The van der Waals surface area contributed by atoms with Crippen LogP contribution in [0.4, 0.5) is 11.8 Å². The van der Waals surface area contributed by atoms with Crippen molar-refractivity contribution in [2.45, 2.75) is 211 Å². The Morgan fingerprint density at radius 2 is 1.37 bits per heavy atom. The number of aromatic nitrogens is 8. The quantitative estimate of drug-likeness (QED) is 0.00986. The first-order chi connectivity index (χ1) is 60.4. The number of esters is 1. The van der Waals surface area contributed by atoms with Gasteiger partial charge in [0.25, 0.3) is 17.7 Å². The maximum Gasteiger partial charge on any atom is 0.329 e. The molecule has 1 aliphatic carbocycles. The number of ketones is 3. The van der Waals surface area contributed by atoms with Crippen LogP contribution in [0, 0.1) is 23.7 Å². The number of fused-ring (bicyclic) bond motifs is 5. The molecule has 4 aliphatic rings. The minimum atomic E-state index is -2.46. The molecule has 3 fully saturated rings. The summed E-state index contributed by atoms with van der Waals surface area (Å²) in [5.41, 5.74) is 23.9. The summed E-state index contributed by atoms with van der Waals surface area (Å²) < 4.78 is 89.5. The summed E-state index contributed by atoms with van der Waals surface area (Å²) in [5.74, 6) is -7.98. The number of rotatable bonds is 44. The van der Waals surface area contributed by atoms with Crippen LogP contribution in [0.3, 0.4) is 0 Å². The molecule has 10 N–H and O–H groups in total. The first-order valence-corrected chi connectivity index (χ1v) is 43.9. The second-order valence-electron chi connectivity index (χ2n) is 32.4. The molecule has 37 heteroatoms. The van der Waals surface area contributed by atoms with Crippen molar-refractivity contribution in [2.75, 3.05) is 164 Å². The van der Waals surface area contributed by atoms with Crippen molar-refractivity contribution >= 4 is 69.1 Å². The number of methoxy groups -OCH3 is 2. The number of piperidine rings is 1. The van der Waals surface area contributed by atoms with Gasteiger partial charge in [0.1, 0.15) is 59.2 Å². The third-order valence-electron chi connectivity index (χ3n) is 22.8. The Labute approximate surface area is 730 Å². The number of hydrogen-bond donors (Lipinski definition) is 7. The van der Waals surface area contributed by atoms with Crippen LogP contribution in [0.2, 0.25) is 0 Å². The summed E-state index contributed by atoms with van der Waals surface area (Å²) in [4.78, 5) is 97.5. The number of allylic oxidation sites excluding steroid dienone is 6. The van der Waals surface area contributed by atoms with E-state index in [2.05, 4.69) is 30.6 Å². The number of nitrogens with two attached hydrogens (primary N) is 3. The zero-order valence-corrected chi connectivity index (χ0v) is 73.6. The highest BCUT2D eigenvalue weighted by Gasteiger charge is 2.50. The predicted molar refractivity (Wildman–Crippen MR) is 459 cm³/mol. The van der Waals surface area contributed by atoms with Gasteiger partial charge in [-0.1, -0.05) is 62.4 Å². The molecule has 4 aromatic heterocycles. The average molecular weight is 1760 g/mol. The molecule has 37 nitrogen and oxygen atoms in total. The number of oxazole rings is 1. The van der Waals surface area contributed by atoms with Crippen LogP contribution in [0.25, 0.3) is 33.4 Å². The van der Waals surface area contributed by atoms with Gasteiger partial charge in [-0.2, -0.15) is 10.1 Å². The number of nitrogens with one attached hydrogen (secondary N) is 1. The molecule has 694 valence electrons. The van der Waals surface area contributed by atoms with Gasteiger partial charge in [-0.15, -0.1) is 5.10 Å². The highest BCUT2D eigenvalue weighted by atomic mass is 16.6. The molecule has 3 aliphatic heterocycles. The Kier molecular flexibility index (Phi) is 43.0. The molecule has 0 radical (unpaired) electrons. The third-order valence-corrected chi connectivity index (χ3v) is 22.8. The van der Waals surface area contributed by atoms with E-state index in [4.69, 9.17) is 93.0 Å². The van der Waals surface area contributed by atoms with Gasteiger partial charge in [-0.05, 0) is 132 Å². The van der Waals surface area contributed by atoms with Crippen molar-refractivity contribution < 1.29 is 115 Å². The average Bonchev–Trinajstić information content (AvgIpc) is 1.02. The molecule has 2 saturated heterocycles. The Morgan fingerprint density at radius 3 is 2.02 bits per heavy atom. The number of ether oxygens (including phenoxy) is 14. The molecule has 125 heavy (non-hydrogen) atoms. The van der Waals surface area contributed by atoms with E-state index in [-0.39, 0.29) is 93.3 Å². The summed E-state index contributed by atoms with van der Waals surface area (Å²) in [7, 11) is 3.18. The third kappa shape index (κ3) is 32.1. The number of nitrogens with zero attached hydrogens (tertiary/aromatic N) is 9. The minimum absolute atomic E-state index is 0.0216. The van der Waals surface area contributed by atoms with Gasteiger partial charge >= 0.3 is 5.97 Å². The van der Waals surface area contributed by atoms with E-state index in [9.17, 15) is 44.1 Å². The van der Waals surface area contributed by atoms with Crippen LogP contribution in [0.1, 0.15) is 149 Å². The maximum absolute atomic E-state index is 14.6. The number of Topliss-reactive ketones (excluding diaryl/α,β-unsaturated/α-hetero) is 3. The standard InChI is InChI=1S/C88H133N13O24/c1-58-16-9-8-10-17-59(2)73(111-6)53-66-18-15-25-88(110,125-66)82(107)85(108)99-27-13-11-19-70(99)86(109)123-74(54-71(102)60(3)49-62(5)80(105)81(106)79(104)61(4)48-58)67(89)50-63-20-22-69(75(51-63)112-7)101-55-65(96-98-101)56-122-47-46-121-45-44-120-43-42-119-41-40-118-39-38-117-37-36-116-35-34-115-33-32-114-31-30-113-29-24-76(103)92-26-12-14-28-100-84-77(83(90)93-57-94-84)78(97-100)64-21-23-72-68(52-64)95-87(91)124-72/h8-10,16-17,21,23,49,52,55,57-58,60-61,63,66-67,69-70,73-75,80-81,105-106,110H,11-15,18-20,22,24-48,50-51,53-54,56,89H2,1-7H3,(H2,91,95)(H,92,103)(H2,90,93,94)/b10-8+,16-9+,59-17+,62-49+/t58-,60-,61-,63+,66+,67-,69+,70+,73+,74+,75-,80?,81+,88-/m1/s1. The highest BCUT2D eigenvalue weighted by Crippen LogP contribution is 2.39. The summed E-state index contributed by atoms with van der Waals surface area (Å²) in [6.45, 7) is 17.4. The Hall–Kier alpha value is -8.32. The van der Waals surface area contributed by atoms with Crippen LogP contribution in [0.15, 0.2) is 82.7 Å². The molecule has 9 rings (SSSR count). The predicted octanol–water partition coefficient (Wildman–Crippen LogP) is 6.21. The molecule has 1 aromatic carbocycles. The van der Waals surface area contributed by atoms with Crippen LogP contribution >= 0.6 is 0 Å². The van der Waals surface area contributed by atoms with Gasteiger partial charge in [0.15, 0.2) is 17.0 Å². The number of nitrogen functional groups attached to an aromatic ring is 2. The second-order valence-corrected chi connectivity index (χ2v) is 32.4. The molecule has 1 saturated carbocycles. The van der Waals surface area contributed by atoms with Crippen molar-refractivity contribution in [2.24, 2.45) is 29.4 Å². The van der Waals surface area contributed by atoms with E-state index in [1.165, 1.54) is 19.3 Å². The highest BCUT2D eigenvalue weighted by molar-refractivity contribution is 6.39. The molecule has 14 atom stereocenters. The number of cyclic esters (lactones) is 1. The van der Waals surface area contributed by atoms with Crippen molar-refractivity contribution in [3.63, 3.8) is 0 Å². The van der Waals surface area contributed by atoms with Gasteiger partial charge in [0, 0.05) is 83.0 Å². The van der Waals surface area contributed by atoms with Crippen LogP contribution in [-0.2, 0) is 108 Å². The first kappa shape index (κ1) is 100. The second kappa shape index (κ2) is 53.5. The lowest BCUT2D eigenvalue weighted by Gasteiger charge is -2.40. The Morgan fingerprint density at radius 1 is 0.720 bits per heavy atom. The molecular weight excluding hydrogens is 1620 g/mol. The smallest absolute Gasteiger partial charge is 0.329 e. The normalized spacial score (nSPS) is 26.2. The number of carbonyl (C=O) groups is 6. The first-order valence-electron chi connectivity index (χ1n) is 43.9. The van der Waals surface area contributed by atoms with E-state index in [1.807, 2.05) is 62.6 Å². The number of aryl methyl sites for hydroxylation is 1. The van der Waals surface area contributed by atoms with E-state index in [0.29, 0.717) is 229 Å². The summed E-state index contributed by atoms with van der Waals surface area (Å²) in [5, 5.41) is 51.6. The fourth-order valence-electron chi connectivity index (χ4n) is 15.8. The van der Waals surface area contributed by atoms with Crippen LogP contribution < -0.4 is 22.5 Å². The van der Waals surface area contributed by atoms with Crippen LogP contribution in [-0.4, -0.2) is 302 Å². The number of aliphatic hydroxyl groups is 3. The lowest BCUT2D eigenvalue weighted by Crippen LogP contribution is -2.58. The number of carbonyl (C=O) groups excluding carboxylic acids is 6. The van der Waals surface area contributed by atoms with Crippen molar-refractivity contribution in [3.05, 3.63) is 84.0 Å². The number of anilines is 2. The number of amides is 2. The zero-order chi connectivity index (χ0) is 89.5. The lowest BCUT2D eigenvalue weighted by atomic mass is 9.79. The molecule has 1 unspecified atom stereocenters. The van der Waals surface area contributed by atoms with Gasteiger partial charge in [-0.3, -0.25) is 24.0 Å². The van der Waals surface area contributed by atoms with E-state index in [1.54, 1.807) is 43.5 Å². The molecule has 5 aromatic rings. The number of aliphatic hydroxyl groups excluding tert-OH is 2. The molecule has 2 bridgehead atoms. The van der Waals surface area contributed by atoms with Crippen LogP contribution in [0.5, 0.6) is 0 Å². The van der Waals surface area contributed by atoms with E-state index >= 15 is 0 Å². The molecule has 0 spiro atoms. The number of benzene rings is 1. The van der Waals surface area contributed by atoms with E-state index < -0.39 is 89.5 Å². The topological polar surface area (TPSA) is 486 Å². The summed E-state index contributed by atoms with van der Waals surface area (Å²) in [6.07, 6.45) is 14.0. The Balaban J connectivity index is 0.578. The zero-order valence-electron chi connectivity index (χ0n) is 73.6. The summed E-state index contributed by atoms with van der Waals surface area (Å²) in [6, 6.07) is 3.22. The lowest BCUT2D eigenvalue weighted by molar-refractivity contribution is -0.245. The number of hydrogen-bond acceptors (Lipinski definition) is 33. The monoisotopic (exact) mass is 1760 g/mol. The Bertz CT molecular complexity index is 4270. The summed E-state index contributed by atoms with van der Waals surface area (Å²) >= 11 is 0. The van der Waals surface area contributed by atoms with Gasteiger partial charge in [-0.25, -0.2) is 24.1 Å². The molecule has 2 amide bonds. The fourth-order valence-corrected chi connectivity index (χ4v) is 15.8.